The number of amides is 1. The quantitative estimate of drug-likeness (QED) is 0.865. The standard InChI is InChI=1S/C16H22N2O4/c1-5-21-14(19)11-9-10(11)12-7-6-8-13(17-12)18-15(20)22-16(2,3)4/h6-8,10-11H,5,9H2,1-4H3,(H,17,18,20)/t10?,11-/m0/s1. The lowest BCUT2D eigenvalue weighted by Gasteiger charge is -2.19. The zero-order valence-electron chi connectivity index (χ0n) is 13.4. The van der Waals surface area contributed by atoms with Crippen molar-refractivity contribution in [1.82, 2.24) is 4.98 Å². The van der Waals surface area contributed by atoms with Gasteiger partial charge in [-0.2, -0.15) is 0 Å². The summed E-state index contributed by atoms with van der Waals surface area (Å²) in [6.45, 7) is 7.56. The SMILES string of the molecule is CCOC(=O)[C@H]1CC1c1cccc(NC(=O)OC(C)(C)C)n1. The summed E-state index contributed by atoms with van der Waals surface area (Å²) in [5.74, 6) is 0.185. The number of nitrogens with one attached hydrogen (secondary N) is 1. The number of nitrogens with zero attached hydrogens (tertiary/aromatic N) is 1. The van der Waals surface area contributed by atoms with E-state index in [4.69, 9.17) is 9.47 Å². The van der Waals surface area contributed by atoms with Gasteiger partial charge in [-0.1, -0.05) is 6.07 Å². The average molecular weight is 306 g/mol. The molecule has 0 spiro atoms. The van der Waals surface area contributed by atoms with Crippen molar-refractivity contribution in [2.45, 2.75) is 45.6 Å². The number of carbonyl (C=O) groups is 2. The fraction of sp³-hybridized carbons (Fsp3) is 0.562. The van der Waals surface area contributed by atoms with Crippen LogP contribution < -0.4 is 5.32 Å². The smallest absolute Gasteiger partial charge is 0.413 e. The highest BCUT2D eigenvalue weighted by Crippen LogP contribution is 2.47. The van der Waals surface area contributed by atoms with Crippen molar-refractivity contribution in [2.24, 2.45) is 5.92 Å². The maximum atomic E-state index is 11.7. The summed E-state index contributed by atoms with van der Waals surface area (Å²) in [6.07, 6.45) is 0.191. The third kappa shape index (κ3) is 4.44. The summed E-state index contributed by atoms with van der Waals surface area (Å²) < 4.78 is 10.2. The molecule has 0 bridgehead atoms. The molecule has 1 saturated carbocycles. The molecular formula is C16H22N2O4. The second-order valence-electron chi connectivity index (χ2n) is 6.28. The van der Waals surface area contributed by atoms with Crippen LogP contribution in [0.1, 0.15) is 45.7 Å². The molecule has 1 amide bonds. The van der Waals surface area contributed by atoms with Gasteiger partial charge >= 0.3 is 12.1 Å². The van der Waals surface area contributed by atoms with Gasteiger partial charge in [0.05, 0.1) is 12.5 Å². The van der Waals surface area contributed by atoms with Crippen molar-refractivity contribution in [3.63, 3.8) is 0 Å². The Labute approximate surface area is 130 Å². The van der Waals surface area contributed by atoms with E-state index in [1.165, 1.54) is 0 Å². The van der Waals surface area contributed by atoms with E-state index in [1.54, 1.807) is 39.8 Å². The number of hydrogen-bond acceptors (Lipinski definition) is 5. The van der Waals surface area contributed by atoms with Crippen LogP contribution in [0.2, 0.25) is 0 Å². The summed E-state index contributed by atoms with van der Waals surface area (Å²) in [5, 5.41) is 2.60. The summed E-state index contributed by atoms with van der Waals surface area (Å²) >= 11 is 0. The lowest BCUT2D eigenvalue weighted by molar-refractivity contribution is -0.144. The van der Waals surface area contributed by atoms with Crippen molar-refractivity contribution in [1.29, 1.82) is 0 Å². The van der Waals surface area contributed by atoms with Crippen LogP contribution in [0.25, 0.3) is 0 Å². The molecule has 6 nitrogen and oxygen atoms in total. The van der Waals surface area contributed by atoms with Crippen LogP contribution in [0.4, 0.5) is 10.6 Å². The van der Waals surface area contributed by atoms with Crippen molar-refractivity contribution < 1.29 is 19.1 Å². The fourth-order valence-corrected chi connectivity index (χ4v) is 2.17. The van der Waals surface area contributed by atoms with Crippen LogP contribution in [0.5, 0.6) is 0 Å². The van der Waals surface area contributed by atoms with Crippen LogP contribution in [-0.2, 0) is 14.3 Å². The molecule has 1 aliphatic carbocycles. The Bertz CT molecular complexity index is 566. The zero-order valence-corrected chi connectivity index (χ0v) is 13.4. The molecule has 1 aromatic rings. The Morgan fingerprint density at radius 3 is 2.73 bits per heavy atom. The first kappa shape index (κ1) is 16.3. The molecule has 0 aromatic carbocycles. The van der Waals surface area contributed by atoms with Crippen molar-refractivity contribution >= 4 is 17.9 Å². The Kier molecular flexibility index (Phi) is 4.68. The Morgan fingerprint density at radius 2 is 2.09 bits per heavy atom. The van der Waals surface area contributed by atoms with Crippen molar-refractivity contribution in [3.8, 4) is 0 Å². The Morgan fingerprint density at radius 1 is 1.36 bits per heavy atom. The first-order chi connectivity index (χ1) is 10.3. The summed E-state index contributed by atoms with van der Waals surface area (Å²) in [7, 11) is 0. The van der Waals surface area contributed by atoms with Crippen molar-refractivity contribution in [3.05, 3.63) is 23.9 Å². The van der Waals surface area contributed by atoms with E-state index in [9.17, 15) is 9.59 Å². The number of hydrogen-bond donors (Lipinski definition) is 1. The topological polar surface area (TPSA) is 77.5 Å². The minimum atomic E-state index is -0.562. The maximum Gasteiger partial charge on any atom is 0.413 e. The highest BCUT2D eigenvalue weighted by atomic mass is 16.6. The fourth-order valence-electron chi connectivity index (χ4n) is 2.17. The van der Waals surface area contributed by atoms with Gasteiger partial charge in [0.2, 0.25) is 0 Å². The molecular weight excluding hydrogens is 284 g/mol. The first-order valence-electron chi connectivity index (χ1n) is 7.43. The van der Waals surface area contributed by atoms with Gasteiger partial charge in [-0.05, 0) is 46.2 Å². The van der Waals surface area contributed by atoms with E-state index in [1.807, 2.05) is 6.07 Å². The normalized spacial score (nSPS) is 20.2. The number of esters is 1. The third-order valence-corrected chi connectivity index (χ3v) is 3.16. The van der Waals surface area contributed by atoms with Gasteiger partial charge < -0.3 is 9.47 Å². The monoisotopic (exact) mass is 306 g/mol. The van der Waals surface area contributed by atoms with E-state index in [2.05, 4.69) is 10.3 Å². The summed E-state index contributed by atoms with van der Waals surface area (Å²) in [6, 6.07) is 5.34. The molecule has 1 aromatic heterocycles. The van der Waals surface area contributed by atoms with E-state index >= 15 is 0 Å². The van der Waals surface area contributed by atoms with Crippen LogP contribution in [0, 0.1) is 5.92 Å². The average Bonchev–Trinajstić information content (AvgIpc) is 3.17. The van der Waals surface area contributed by atoms with E-state index in [0.717, 1.165) is 12.1 Å². The van der Waals surface area contributed by atoms with Gasteiger partial charge in [-0.15, -0.1) is 0 Å². The molecule has 1 N–H and O–H groups in total. The van der Waals surface area contributed by atoms with E-state index < -0.39 is 11.7 Å². The van der Waals surface area contributed by atoms with Crippen molar-refractivity contribution in [2.75, 3.05) is 11.9 Å². The minimum Gasteiger partial charge on any atom is -0.466 e. The van der Waals surface area contributed by atoms with Crippen LogP contribution in [0.15, 0.2) is 18.2 Å². The molecule has 6 heteroatoms. The minimum absolute atomic E-state index is 0.0689. The lowest BCUT2D eigenvalue weighted by atomic mass is 10.2. The summed E-state index contributed by atoms with van der Waals surface area (Å²) in [4.78, 5) is 27.8. The van der Waals surface area contributed by atoms with Gasteiger partial charge in [-0.3, -0.25) is 10.1 Å². The van der Waals surface area contributed by atoms with Gasteiger partial charge in [0.1, 0.15) is 11.4 Å². The molecule has 1 fully saturated rings. The van der Waals surface area contributed by atoms with Crippen LogP contribution >= 0.6 is 0 Å². The molecule has 0 radical (unpaired) electrons. The third-order valence-electron chi connectivity index (χ3n) is 3.16. The second kappa shape index (κ2) is 6.34. The number of anilines is 1. The predicted molar refractivity (Wildman–Crippen MR) is 81.6 cm³/mol. The Hall–Kier alpha value is -2.11. The highest BCUT2D eigenvalue weighted by Gasteiger charge is 2.46. The number of rotatable bonds is 4. The Balaban J connectivity index is 1.97. The first-order valence-corrected chi connectivity index (χ1v) is 7.43. The number of pyridine rings is 1. The van der Waals surface area contributed by atoms with E-state index in [0.29, 0.717) is 12.4 Å². The van der Waals surface area contributed by atoms with E-state index in [-0.39, 0.29) is 17.8 Å². The molecule has 1 heterocycles. The largest absolute Gasteiger partial charge is 0.466 e. The number of ether oxygens (including phenoxy) is 2. The molecule has 0 saturated heterocycles. The van der Waals surface area contributed by atoms with Gasteiger partial charge in [-0.25, -0.2) is 9.78 Å². The van der Waals surface area contributed by atoms with Crippen LogP contribution in [0.3, 0.4) is 0 Å². The summed E-state index contributed by atoms with van der Waals surface area (Å²) in [5.41, 5.74) is 0.222. The van der Waals surface area contributed by atoms with Crippen LogP contribution in [-0.4, -0.2) is 29.3 Å². The lowest BCUT2D eigenvalue weighted by Crippen LogP contribution is -2.27. The molecule has 0 aliphatic heterocycles. The molecule has 1 aliphatic rings. The van der Waals surface area contributed by atoms with Gasteiger partial charge in [0, 0.05) is 11.6 Å². The molecule has 22 heavy (non-hydrogen) atoms. The highest BCUT2D eigenvalue weighted by molar-refractivity contribution is 5.83. The molecule has 1 unspecified atom stereocenters. The van der Waals surface area contributed by atoms with Gasteiger partial charge in [0.15, 0.2) is 0 Å². The number of aromatic nitrogens is 1. The number of carbonyl (C=O) groups excluding carboxylic acids is 2. The zero-order chi connectivity index (χ0) is 16.3. The maximum absolute atomic E-state index is 11.7. The molecule has 120 valence electrons. The van der Waals surface area contributed by atoms with Gasteiger partial charge in [0.25, 0.3) is 0 Å². The predicted octanol–water partition coefficient (Wildman–Crippen LogP) is 3.10. The molecule has 2 rings (SSSR count). The second-order valence-corrected chi connectivity index (χ2v) is 6.28. The molecule has 2 atom stereocenters.